The second-order valence-electron chi connectivity index (χ2n) is 4.82. The van der Waals surface area contributed by atoms with E-state index in [1.165, 1.54) is 13.2 Å². The average Bonchev–Trinajstić information content (AvgIpc) is 2.92. The molecule has 6 nitrogen and oxygen atoms in total. The molecule has 0 aliphatic carbocycles. The number of nitrogens with one attached hydrogen (secondary N) is 1. The first-order valence-electron chi connectivity index (χ1n) is 6.45. The first-order chi connectivity index (χ1) is 9.92. The van der Waals surface area contributed by atoms with Crippen LogP contribution in [0, 0.1) is 12.7 Å². The Balaban J connectivity index is 2.07. The van der Waals surface area contributed by atoms with Crippen LogP contribution in [0.1, 0.15) is 18.4 Å². The lowest BCUT2D eigenvalue weighted by molar-refractivity contribution is -0.150. The van der Waals surface area contributed by atoms with Crippen LogP contribution in [-0.4, -0.2) is 36.3 Å². The Morgan fingerprint density at radius 2 is 2.05 bits per heavy atom. The number of amides is 1. The molecule has 0 bridgehead atoms. The molecule has 1 saturated heterocycles. The predicted molar refractivity (Wildman–Crippen MR) is 71.8 cm³/mol. The summed E-state index contributed by atoms with van der Waals surface area (Å²) in [6.07, 6.45) is -1.20. The molecule has 0 unspecified atom stereocenters. The fraction of sp³-hybridized carbons (Fsp3) is 0.429. The second-order valence-corrected chi connectivity index (χ2v) is 4.82. The van der Waals surface area contributed by atoms with E-state index in [-0.39, 0.29) is 12.2 Å². The van der Waals surface area contributed by atoms with Gasteiger partial charge in [-0.15, -0.1) is 0 Å². The molecular weight excluding hydrogens is 281 g/mol. The molecule has 21 heavy (non-hydrogen) atoms. The lowest BCUT2D eigenvalue weighted by atomic mass is 10.1. The number of anilines is 1. The summed E-state index contributed by atoms with van der Waals surface area (Å²) in [6.45, 7) is 1.70. The molecule has 1 aromatic rings. The number of hydrogen-bond acceptors (Lipinski definition) is 4. The van der Waals surface area contributed by atoms with Crippen molar-refractivity contribution in [1.82, 2.24) is 0 Å². The smallest absolute Gasteiger partial charge is 0.332 e. The van der Waals surface area contributed by atoms with E-state index < -0.39 is 29.9 Å². The van der Waals surface area contributed by atoms with Gasteiger partial charge in [0.25, 0.3) is 5.91 Å². The van der Waals surface area contributed by atoms with Crippen LogP contribution in [0.5, 0.6) is 5.75 Å². The maximum Gasteiger partial charge on any atom is 0.332 e. The molecule has 1 amide bonds. The van der Waals surface area contributed by atoms with Crippen molar-refractivity contribution in [3.63, 3.8) is 0 Å². The highest BCUT2D eigenvalue weighted by Crippen LogP contribution is 2.27. The average molecular weight is 297 g/mol. The number of carbonyl (C=O) groups is 2. The van der Waals surface area contributed by atoms with E-state index >= 15 is 0 Å². The minimum absolute atomic E-state index is 0.0913. The standard InChI is InChI=1S/C14H16FNO5/c1-7-5-12(20-2)8(15)6-9(7)16-13(17)10-3-4-11(21-10)14(18)19/h5-6,10-11H,3-4H2,1-2H3,(H,16,17)(H,18,19)/t10-,11+/m0/s1. The molecule has 0 saturated carbocycles. The number of aryl methyl sites for hydroxylation is 1. The minimum Gasteiger partial charge on any atom is -0.494 e. The summed E-state index contributed by atoms with van der Waals surface area (Å²) in [6, 6.07) is 2.64. The van der Waals surface area contributed by atoms with Crippen molar-refractivity contribution >= 4 is 17.6 Å². The Hall–Kier alpha value is -2.15. The van der Waals surface area contributed by atoms with Gasteiger partial charge in [0.05, 0.1) is 7.11 Å². The molecule has 1 heterocycles. The summed E-state index contributed by atoms with van der Waals surface area (Å²) in [5, 5.41) is 11.4. The zero-order valence-electron chi connectivity index (χ0n) is 11.7. The highest BCUT2D eigenvalue weighted by atomic mass is 19.1. The van der Waals surface area contributed by atoms with Crippen LogP contribution in [0.25, 0.3) is 0 Å². The molecule has 114 valence electrons. The molecule has 1 aromatic carbocycles. The van der Waals surface area contributed by atoms with Crippen molar-refractivity contribution in [2.45, 2.75) is 32.0 Å². The van der Waals surface area contributed by atoms with Gasteiger partial charge < -0.3 is 19.9 Å². The van der Waals surface area contributed by atoms with Crippen LogP contribution < -0.4 is 10.1 Å². The quantitative estimate of drug-likeness (QED) is 0.884. The molecule has 2 atom stereocenters. The van der Waals surface area contributed by atoms with Gasteiger partial charge in [0.1, 0.15) is 6.10 Å². The van der Waals surface area contributed by atoms with Gasteiger partial charge >= 0.3 is 5.97 Å². The molecule has 0 aromatic heterocycles. The Morgan fingerprint density at radius 1 is 1.38 bits per heavy atom. The molecule has 0 spiro atoms. The molecule has 1 aliphatic rings. The van der Waals surface area contributed by atoms with Crippen LogP contribution in [0.4, 0.5) is 10.1 Å². The second kappa shape index (κ2) is 6.09. The lowest BCUT2D eigenvalue weighted by Gasteiger charge is -2.14. The van der Waals surface area contributed by atoms with Gasteiger partial charge in [-0.2, -0.15) is 0 Å². The molecule has 0 radical (unpaired) electrons. The molecule has 2 N–H and O–H groups in total. The first-order valence-corrected chi connectivity index (χ1v) is 6.45. The van der Waals surface area contributed by atoms with E-state index in [1.807, 2.05) is 0 Å². The van der Waals surface area contributed by atoms with Gasteiger partial charge in [-0.3, -0.25) is 4.79 Å². The van der Waals surface area contributed by atoms with Crippen LogP contribution >= 0.6 is 0 Å². The molecule has 7 heteroatoms. The van der Waals surface area contributed by atoms with Crippen molar-refractivity contribution < 1.29 is 28.6 Å². The summed E-state index contributed by atoms with van der Waals surface area (Å²) >= 11 is 0. The Labute approximate surface area is 120 Å². The van der Waals surface area contributed by atoms with Gasteiger partial charge in [-0.1, -0.05) is 0 Å². The number of hydrogen-bond donors (Lipinski definition) is 2. The summed E-state index contributed by atoms with van der Waals surface area (Å²) < 4.78 is 23.6. The number of rotatable bonds is 4. The topological polar surface area (TPSA) is 84.9 Å². The third-order valence-corrected chi connectivity index (χ3v) is 3.34. The van der Waals surface area contributed by atoms with E-state index in [0.29, 0.717) is 17.7 Å². The van der Waals surface area contributed by atoms with E-state index in [2.05, 4.69) is 5.32 Å². The van der Waals surface area contributed by atoms with Crippen LogP contribution in [-0.2, 0) is 14.3 Å². The third kappa shape index (κ3) is 3.30. The maximum atomic E-state index is 13.6. The van der Waals surface area contributed by atoms with Crippen molar-refractivity contribution in [3.8, 4) is 5.75 Å². The molecule has 1 aliphatic heterocycles. The van der Waals surface area contributed by atoms with Crippen LogP contribution in [0.15, 0.2) is 12.1 Å². The Bertz CT molecular complexity index is 575. The van der Waals surface area contributed by atoms with Crippen LogP contribution in [0.2, 0.25) is 0 Å². The fourth-order valence-electron chi connectivity index (χ4n) is 2.17. The van der Waals surface area contributed by atoms with E-state index in [9.17, 15) is 14.0 Å². The number of carbonyl (C=O) groups excluding carboxylic acids is 1. The number of aliphatic carboxylic acids is 1. The van der Waals surface area contributed by atoms with Crippen molar-refractivity contribution in [2.75, 3.05) is 12.4 Å². The summed E-state index contributed by atoms with van der Waals surface area (Å²) in [5.74, 6) is -2.06. The maximum absolute atomic E-state index is 13.6. The lowest BCUT2D eigenvalue weighted by Crippen LogP contribution is -2.30. The molecular formula is C14H16FNO5. The molecule has 2 rings (SSSR count). The largest absolute Gasteiger partial charge is 0.494 e. The van der Waals surface area contributed by atoms with Crippen molar-refractivity contribution in [1.29, 1.82) is 0 Å². The minimum atomic E-state index is -1.09. The highest BCUT2D eigenvalue weighted by molar-refractivity contribution is 5.95. The summed E-state index contributed by atoms with van der Waals surface area (Å²) in [5.41, 5.74) is 0.940. The van der Waals surface area contributed by atoms with Crippen LogP contribution in [0.3, 0.4) is 0 Å². The SMILES string of the molecule is COc1cc(C)c(NC(=O)[C@@H]2CC[C@H](C(=O)O)O2)cc1F. The highest BCUT2D eigenvalue weighted by Gasteiger charge is 2.34. The third-order valence-electron chi connectivity index (χ3n) is 3.34. The van der Waals surface area contributed by atoms with Gasteiger partial charge in [0.15, 0.2) is 17.7 Å². The number of ether oxygens (including phenoxy) is 2. The van der Waals surface area contributed by atoms with Gasteiger partial charge in [0.2, 0.25) is 0 Å². The van der Waals surface area contributed by atoms with E-state index in [0.717, 1.165) is 6.07 Å². The number of halogens is 1. The van der Waals surface area contributed by atoms with E-state index in [4.69, 9.17) is 14.6 Å². The zero-order valence-corrected chi connectivity index (χ0v) is 11.7. The van der Waals surface area contributed by atoms with Gasteiger partial charge in [-0.05, 0) is 31.4 Å². The summed E-state index contributed by atoms with van der Waals surface area (Å²) in [4.78, 5) is 22.8. The monoisotopic (exact) mass is 297 g/mol. The Kier molecular flexibility index (Phi) is 4.42. The Morgan fingerprint density at radius 3 is 2.62 bits per heavy atom. The number of carboxylic acid groups (broad SMARTS) is 1. The fourth-order valence-corrected chi connectivity index (χ4v) is 2.17. The van der Waals surface area contributed by atoms with E-state index in [1.54, 1.807) is 6.92 Å². The number of carboxylic acids is 1. The summed E-state index contributed by atoms with van der Waals surface area (Å²) in [7, 11) is 1.36. The number of methoxy groups -OCH3 is 1. The van der Waals surface area contributed by atoms with Gasteiger partial charge in [-0.25, -0.2) is 9.18 Å². The van der Waals surface area contributed by atoms with Crippen molar-refractivity contribution in [2.24, 2.45) is 0 Å². The zero-order chi connectivity index (χ0) is 15.6. The van der Waals surface area contributed by atoms with Gasteiger partial charge in [0, 0.05) is 11.8 Å². The number of benzene rings is 1. The van der Waals surface area contributed by atoms with Crippen molar-refractivity contribution in [3.05, 3.63) is 23.5 Å². The first kappa shape index (κ1) is 15.2. The molecule has 1 fully saturated rings. The normalized spacial score (nSPS) is 21.1. The predicted octanol–water partition coefficient (Wildman–Crippen LogP) is 1.71.